The highest BCUT2D eigenvalue weighted by atomic mass is 32.1. The molecule has 0 radical (unpaired) electrons. The number of amides is 1. The number of carboxylic acids is 1. The summed E-state index contributed by atoms with van der Waals surface area (Å²) in [4.78, 5) is 24.4. The van der Waals surface area contributed by atoms with Gasteiger partial charge in [0.15, 0.2) is 0 Å². The Morgan fingerprint density at radius 2 is 1.79 bits per heavy atom. The Hall–Kier alpha value is -3.56. The van der Waals surface area contributed by atoms with Gasteiger partial charge in [0, 0.05) is 17.0 Å². The highest BCUT2D eigenvalue weighted by Gasteiger charge is 2.18. The Morgan fingerprint density at radius 1 is 1.12 bits per heavy atom. The van der Waals surface area contributed by atoms with Crippen LogP contribution >= 0.6 is 11.3 Å². The van der Waals surface area contributed by atoms with Gasteiger partial charge in [-0.25, -0.2) is 0 Å². The van der Waals surface area contributed by atoms with Crippen molar-refractivity contribution in [2.24, 2.45) is 0 Å². The molecule has 1 aromatic heterocycles. The molecule has 0 bridgehead atoms. The third-order valence-corrected chi connectivity index (χ3v) is 6.46. The minimum atomic E-state index is -0.942. The molecule has 5 nitrogen and oxygen atoms in total. The second-order valence-corrected chi connectivity index (χ2v) is 8.89. The number of carboxylic acid groups (broad SMARTS) is 1. The Labute approximate surface area is 198 Å². The lowest BCUT2D eigenvalue weighted by Gasteiger charge is -2.19. The van der Waals surface area contributed by atoms with E-state index in [4.69, 9.17) is 16.3 Å². The molecule has 1 atom stereocenters. The van der Waals surface area contributed by atoms with Crippen LogP contribution in [0.3, 0.4) is 0 Å². The van der Waals surface area contributed by atoms with Crippen LogP contribution in [0.25, 0.3) is 11.1 Å². The van der Waals surface area contributed by atoms with Gasteiger partial charge in [0.25, 0.3) is 5.91 Å². The molecular weight excluding hydrogens is 434 g/mol. The fourth-order valence-corrected chi connectivity index (χ4v) is 4.74. The molecule has 3 aromatic rings. The predicted octanol–water partition coefficient (Wildman–Crippen LogP) is 5.75. The molecule has 170 valence electrons. The molecule has 0 saturated carbocycles. The third-order valence-electron chi connectivity index (χ3n) is 5.29. The maximum atomic E-state index is 12.3. The molecule has 0 aliphatic heterocycles. The molecule has 1 amide bonds. The van der Waals surface area contributed by atoms with Crippen molar-refractivity contribution in [3.05, 3.63) is 75.0 Å². The van der Waals surface area contributed by atoms with E-state index < -0.39 is 5.97 Å². The van der Waals surface area contributed by atoms with E-state index in [-0.39, 0.29) is 25.0 Å². The van der Waals surface area contributed by atoms with Crippen LogP contribution in [0.15, 0.2) is 48.5 Å². The van der Waals surface area contributed by atoms with Crippen LogP contribution in [0, 0.1) is 26.2 Å². The van der Waals surface area contributed by atoms with Gasteiger partial charge < -0.3 is 15.2 Å². The number of aliphatic carboxylic acids is 1. The quantitative estimate of drug-likeness (QED) is 0.398. The van der Waals surface area contributed by atoms with Crippen LogP contribution in [-0.2, 0) is 4.79 Å². The minimum absolute atomic E-state index is 0.103. The fourth-order valence-electron chi connectivity index (χ4n) is 3.71. The first-order valence-corrected chi connectivity index (χ1v) is 11.6. The number of terminal acetylenes is 1. The number of ether oxygens (including phenoxy) is 1. The number of carbonyl (C=O) groups excluding carboxylic acids is 1. The van der Waals surface area contributed by atoms with E-state index in [1.807, 2.05) is 49.4 Å². The normalized spacial score (nSPS) is 11.5. The maximum absolute atomic E-state index is 12.3. The molecule has 0 aliphatic carbocycles. The van der Waals surface area contributed by atoms with E-state index in [0.717, 1.165) is 44.9 Å². The molecule has 1 heterocycles. The number of benzene rings is 2. The first-order chi connectivity index (χ1) is 15.8. The number of thiophene rings is 1. The number of nitrogens with one attached hydrogen (secondary N) is 1. The maximum Gasteiger partial charge on any atom is 0.305 e. The Morgan fingerprint density at radius 3 is 2.36 bits per heavy atom. The monoisotopic (exact) mass is 461 g/mol. The number of hydrogen-bond donors (Lipinski definition) is 2. The fraction of sp³-hybridized carbons (Fsp3) is 0.259. The number of hydrogen-bond acceptors (Lipinski definition) is 4. The molecular formula is C27H27NO4S. The minimum Gasteiger partial charge on any atom is -0.485 e. The van der Waals surface area contributed by atoms with Crippen molar-refractivity contribution in [2.75, 3.05) is 6.54 Å². The zero-order chi connectivity index (χ0) is 24.0. The van der Waals surface area contributed by atoms with Crippen LogP contribution in [0.4, 0.5) is 0 Å². The molecule has 1 unspecified atom stereocenters. The third kappa shape index (κ3) is 6.03. The lowest BCUT2D eigenvalue weighted by molar-refractivity contribution is -0.136. The largest absolute Gasteiger partial charge is 0.485 e. The van der Waals surface area contributed by atoms with Crippen molar-refractivity contribution in [3.8, 4) is 29.2 Å². The van der Waals surface area contributed by atoms with Gasteiger partial charge in [-0.1, -0.05) is 25.0 Å². The van der Waals surface area contributed by atoms with Gasteiger partial charge in [0.2, 0.25) is 0 Å². The van der Waals surface area contributed by atoms with Crippen molar-refractivity contribution in [2.45, 2.75) is 39.7 Å². The summed E-state index contributed by atoms with van der Waals surface area (Å²) in [6.45, 7) is 6.27. The van der Waals surface area contributed by atoms with Crippen LogP contribution < -0.4 is 10.1 Å². The van der Waals surface area contributed by atoms with E-state index in [1.165, 1.54) is 11.3 Å². The van der Waals surface area contributed by atoms with Gasteiger partial charge in [0.1, 0.15) is 11.9 Å². The van der Waals surface area contributed by atoms with Crippen molar-refractivity contribution >= 4 is 23.2 Å². The molecule has 0 saturated heterocycles. The summed E-state index contributed by atoms with van der Waals surface area (Å²) >= 11 is 1.36. The average Bonchev–Trinajstić information content (AvgIpc) is 3.27. The Kier molecular flexibility index (Phi) is 7.92. The van der Waals surface area contributed by atoms with E-state index in [0.29, 0.717) is 4.88 Å². The number of rotatable bonds is 9. The molecule has 0 spiro atoms. The molecule has 3 rings (SSSR count). The smallest absolute Gasteiger partial charge is 0.305 e. The average molecular weight is 462 g/mol. The zero-order valence-corrected chi connectivity index (χ0v) is 19.8. The van der Waals surface area contributed by atoms with Crippen molar-refractivity contribution in [3.63, 3.8) is 0 Å². The number of aryl methyl sites for hydroxylation is 2. The summed E-state index contributed by atoms with van der Waals surface area (Å²) in [6, 6.07) is 15.7. The van der Waals surface area contributed by atoms with Gasteiger partial charge in [-0.2, -0.15) is 0 Å². The molecule has 0 aliphatic rings. The van der Waals surface area contributed by atoms with Crippen LogP contribution in [0.1, 0.15) is 57.1 Å². The predicted molar refractivity (Wildman–Crippen MR) is 132 cm³/mol. The van der Waals surface area contributed by atoms with E-state index in [9.17, 15) is 9.59 Å². The molecule has 33 heavy (non-hydrogen) atoms. The molecule has 0 fully saturated rings. The van der Waals surface area contributed by atoms with Gasteiger partial charge in [-0.05, 0) is 78.9 Å². The second kappa shape index (κ2) is 10.8. The van der Waals surface area contributed by atoms with Crippen LogP contribution in [0.5, 0.6) is 5.75 Å². The highest BCUT2D eigenvalue weighted by Crippen LogP contribution is 2.35. The zero-order valence-electron chi connectivity index (χ0n) is 19.0. The molecule has 6 heteroatoms. The van der Waals surface area contributed by atoms with E-state index in [1.54, 1.807) is 6.07 Å². The van der Waals surface area contributed by atoms with Crippen molar-refractivity contribution in [1.29, 1.82) is 0 Å². The lowest BCUT2D eigenvalue weighted by Crippen LogP contribution is -2.25. The Balaban J connectivity index is 1.75. The topological polar surface area (TPSA) is 75.6 Å². The Bertz CT molecular complexity index is 1160. The summed E-state index contributed by atoms with van der Waals surface area (Å²) < 4.78 is 6.32. The molecule has 2 N–H and O–H groups in total. The lowest BCUT2D eigenvalue weighted by atomic mass is 9.95. The summed E-state index contributed by atoms with van der Waals surface area (Å²) in [7, 11) is 0. The van der Waals surface area contributed by atoms with Crippen molar-refractivity contribution in [1.82, 2.24) is 5.32 Å². The highest BCUT2D eigenvalue weighted by molar-refractivity contribution is 7.14. The first-order valence-electron chi connectivity index (χ1n) is 10.8. The van der Waals surface area contributed by atoms with Crippen LogP contribution in [-0.4, -0.2) is 23.5 Å². The van der Waals surface area contributed by atoms with Gasteiger partial charge in [-0.15, -0.1) is 17.8 Å². The first kappa shape index (κ1) is 24.1. The summed E-state index contributed by atoms with van der Waals surface area (Å²) in [5.74, 6) is 2.21. The van der Waals surface area contributed by atoms with Gasteiger partial charge in [0.05, 0.1) is 11.3 Å². The van der Waals surface area contributed by atoms with Crippen LogP contribution in [0.2, 0.25) is 0 Å². The summed E-state index contributed by atoms with van der Waals surface area (Å²) in [5.41, 5.74) is 5.34. The van der Waals surface area contributed by atoms with Crippen molar-refractivity contribution < 1.29 is 19.4 Å². The van der Waals surface area contributed by atoms with Gasteiger partial charge >= 0.3 is 5.97 Å². The standard InChI is InChI=1S/C27H27NO4S/c1-5-19-7-9-20(10-8-19)26-17(3)15-21(16-18(26)4)32-22(6-2)23-11-12-24(33-23)27(31)28-14-13-25(29)30/h1,7-12,15-16,22H,6,13-14H2,2-4H3,(H,28,31)(H,29,30). The summed E-state index contributed by atoms with van der Waals surface area (Å²) in [5, 5.41) is 11.3. The van der Waals surface area contributed by atoms with E-state index in [2.05, 4.69) is 25.1 Å². The second-order valence-electron chi connectivity index (χ2n) is 7.77. The van der Waals surface area contributed by atoms with Gasteiger partial charge in [-0.3, -0.25) is 9.59 Å². The SMILES string of the molecule is C#Cc1ccc(-c2c(C)cc(OC(CC)c3ccc(C(=O)NCCC(=O)O)s3)cc2C)cc1. The summed E-state index contributed by atoms with van der Waals surface area (Å²) in [6.07, 6.45) is 5.92. The van der Waals surface area contributed by atoms with E-state index >= 15 is 0 Å². The number of carbonyl (C=O) groups is 2. The molecule has 2 aromatic carbocycles.